The highest BCUT2D eigenvalue weighted by atomic mass is 35.5. The lowest BCUT2D eigenvalue weighted by molar-refractivity contribution is -0.130. The Kier molecular flexibility index (Phi) is 3.06. The van der Waals surface area contributed by atoms with E-state index in [0.29, 0.717) is 12.8 Å². The minimum Gasteiger partial charge on any atom is -0.299 e. The van der Waals surface area contributed by atoms with Crippen LogP contribution in [0.2, 0.25) is 5.02 Å². The standard InChI is InChI=1S/C12H10ClFO2/c13-11-5-7(1-2-12(11)14)8-3-9(15)6-10(16)4-8/h1-2,5,8H,3-4,6H2. The molecule has 0 amide bonds. The van der Waals surface area contributed by atoms with Gasteiger partial charge < -0.3 is 0 Å². The fourth-order valence-electron chi connectivity index (χ4n) is 1.99. The predicted molar refractivity (Wildman–Crippen MR) is 58.0 cm³/mol. The molecule has 16 heavy (non-hydrogen) atoms. The average Bonchev–Trinajstić information content (AvgIpc) is 2.20. The van der Waals surface area contributed by atoms with Crippen LogP contribution >= 0.6 is 11.6 Å². The third-order valence-corrected chi connectivity index (χ3v) is 3.05. The SMILES string of the molecule is O=C1CC(=O)CC(c2ccc(F)c(Cl)c2)C1. The number of carbonyl (C=O) groups is 2. The molecule has 1 aromatic carbocycles. The van der Waals surface area contributed by atoms with Crippen molar-refractivity contribution in [3.63, 3.8) is 0 Å². The molecule has 0 aromatic heterocycles. The van der Waals surface area contributed by atoms with Crippen LogP contribution in [0.4, 0.5) is 4.39 Å². The van der Waals surface area contributed by atoms with Crippen LogP contribution in [0.25, 0.3) is 0 Å². The van der Waals surface area contributed by atoms with Gasteiger partial charge in [-0.15, -0.1) is 0 Å². The summed E-state index contributed by atoms with van der Waals surface area (Å²) >= 11 is 5.66. The summed E-state index contributed by atoms with van der Waals surface area (Å²) in [5, 5.41) is 0.0305. The highest BCUT2D eigenvalue weighted by Gasteiger charge is 2.26. The van der Waals surface area contributed by atoms with Crippen molar-refractivity contribution in [1.29, 1.82) is 0 Å². The largest absolute Gasteiger partial charge is 0.299 e. The summed E-state index contributed by atoms with van der Waals surface area (Å²) in [6, 6.07) is 4.34. The van der Waals surface area contributed by atoms with Gasteiger partial charge in [-0.25, -0.2) is 4.39 Å². The lowest BCUT2D eigenvalue weighted by Gasteiger charge is -2.20. The molecule has 0 radical (unpaired) electrons. The molecule has 0 aliphatic heterocycles. The molecule has 0 atom stereocenters. The van der Waals surface area contributed by atoms with Crippen molar-refractivity contribution in [2.75, 3.05) is 0 Å². The summed E-state index contributed by atoms with van der Waals surface area (Å²) in [6.07, 6.45) is 0.715. The van der Waals surface area contributed by atoms with E-state index in [0.717, 1.165) is 5.56 Å². The first-order valence-corrected chi connectivity index (χ1v) is 5.42. The second kappa shape index (κ2) is 4.34. The molecule has 1 fully saturated rings. The van der Waals surface area contributed by atoms with Crippen LogP contribution in [0.5, 0.6) is 0 Å². The maximum atomic E-state index is 13.0. The zero-order chi connectivity index (χ0) is 11.7. The van der Waals surface area contributed by atoms with Gasteiger partial charge in [-0.3, -0.25) is 9.59 Å². The molecular formula is C12H10ClFO2. The molecule has 4 heteroatoms. The number of hydrogen-bond donors (Lipinski definition) is 0. The summed E-state index contributed by atoms with van der Waals surface area (Å²) in [7, 11) is 0. The van der Waals surface area contributed by atoms with Gasteiger partial charge in [0.1, 0.15) is 17.4 Å². The second-order valence-corrected chi connectivity index (χ2v) is 4.44. The van der Waals surface area contributed by atoms with Crippen molar-refractivity contribution in [3.8, 4) is 0 Å². The molecule has 0 bridgehead atoms. The Bertz CT molecular complexity index is 440. The Labute approximate surface area is 97.4 Å². The predicted octanol–water partition coefficient (Wildman–Crippen LogP) is 2.88. The van der Waals surface area contributed by atoms with E-state index in [2.05, 4.69) is 0 Å². The van der Waals surface area contributed by atoms with Gasteiger partial charge in [-0.05, 0) is 23.6 Å². The highest BCUT2D eigenvalue weighted by Crippen LogP contribution is 2.31. The zero-order valence-corrected chi connectivity index (χ0v) is 9.26. The number of hydrogen-bond acceptors (Lipinski definition) is 2. The highest BCUT2D eigenvalue weighted by molar-refractivity contribution is 6.30. The Hall–Kier alpha value is -1.22. The van der Waals surface area contributed by atoms with E-state index in [1.54, 1.807) is 6.07 Å². The van der Waals surface area contributed by atoms with Gasteiger partial charge in [0.05, 0.1) is 11.4 Å². The van der Waals surface area contributed by atoms with E-state index in [1.807, 2.05) is 0 Å². The van der Waals surface area contributed by atoms with Crippen molar-refractivity contribution in [1.82, 2.24) is 0 Å². The molecule has 0 heterocycles. The van der Waals surface area contributed by atoms with Crippen molar-refractivity contribution in [3.05, 3.63) is 34.6 Å². The van der Waals surface area contributed by atoms with Crippen molar-refractivity contribution >= 4 is 23.2 Å². The number of carbonyl (C=O) groups excluding carboxylic acids is 2. The van der Waals surface area contributed by atoms with Gasteiger partial charge >= 0.3 is 0 Å². The van der Waals surface area contributed by atoms with Gasteiger partial charge in [0, 0.05) is 12.8 Å². The summed E-state index contributed by atoms with van der Waals surface area (Å²) in [5.41, 5.74) is 0.757. The van der Waals surface area contributed by atoms with Crippen molar-refractivity contribution < 1.29 is 14.0 Å². The fourth-order valence-corrected chi connectivity index (χ4v) is 2.18. The molecule has 2 rings (SSSR count). The quantitative estimate of drug-likeness (QED) is 0.708. The molecule has 2 nitrogen and oxygen atoms in total. The lowest BCUT2D eigenvalue weighted by Crippen LogP contribution is -2.21. The van der Waals surface area contributed by atoms with E-state index < -0.39 is 5.82 Å². The summed E-state index contributed by atoms with van der Waals surface area (Å²) < 4.78 is 13.0. The third kappa shape index (κ3) is 2.30. The van der Waals surface area contributed by atoms with Gasteiger partial charge in [0.15, 0.2) is 0 Å². The van der Waals surface area contributed by atoms with Crippen LogP contribution in [-0.2, 0) is 9.59 Å². The van der Waals surface area contributed by atoms with Gasteiger partial charge in [-0.1, -0.05) is 17.7 Å². The summed E-state index contributed by atoms with van der Waals surface area (Å²) in [4.78, 5) is 22.6. The third-order valence-electron chi connectivity index (χ3n) is 2.76. The van der Waals surface area contributed by atoms with Crippen LogP contribution in [0.1, 0.15) is 30.7 Å². The lowest BCUT2D eigenvalue weighted by atomic mass is 9.83. The number of Topliss-reactive ketones (excluding diaryl/α,β-unsaturated/α-hetero) is 2. The topological polar surface area (TPSA) is 34.1 Å². The van der Waals surface area contributed by atoms with Crippen LogP contribution in [0.3, 0.4) is 0 Å². The molecule has 1 aromatic rings. The number of ketones is 2. The van der Waals surface area contributed by atoms with Crippen LogP contribution in [-0.4, -0.2) is 11.6 Å². The molecule has 1 aliphatic rings. The van der Waals surface area contributed by atoms with Crippen LogP contribution in [0, 0.1) is 5.82 Å². The number of benzene rings is 1. The molecule has 0 unspecified atom stereocenters. The van der Waals surface area contributed by atoms with Crippen molar-refractivity contribution in [2.45, 2.75) is 25.2 Å². The van der Waals surface area contributed by atoms with Gasteiger partial charge in [0.2, 0.25) is 0 Å². The Morgan fingerprint density at radius 3 is 2.38 bits per heavy atom. The van der Waals surface area contributed by atoms with E-state index >= 15 is 0 Å². The minimum absolute atomic E-state index is 0.0305. The van der Waals surface area contributed by atoms with E-state index in [9.17, 15) is 14.0 Å². The molecule has 0 saturated heterocycles. The molecule has 0 spiro atoms. The normalized spacial score (nSPS) is 17.9. The van der Waals surface area contributed by atoms with Crippen molar-refractivity contribution in [2.24, 2.45) is 0 Å². The van der Waals surface area contributed by atoms with Gasteiger partial charge in [0.25, 0.3) is 0 Å². The molecule has 84 valence electrons. The monoisotopic (exact) mass is 240 g/mol. The van der Waals surface area contributed by atoms with Gasteiger partial charge in [-0.2, -0.15) is 0 Å². The number of rotatable bonds is 1. The first kappa shape index (κ1) is 11.3. The fraction of sp³-hybridized carbons (Fsp3) is 0.333. The smallest absolute Gasteiger partial charge is 0.141 e. The summed E-state index contributed by atoms with van der Waals surface area (Å²) in [5.74, 6) is -0.742. The van der Waals surface area contributed by atoms with Crippen LogP contribution < -0.4 is 0 Å². The maximum Gasteiger partial charge on any atom is 0.141 e. The Morgan fingerprint density at radius 1 is 1.19 bits per heavy atom. The second-order valence-electron chi connectivity index (χ2n) is 4.03. The Morgan fingerprint density at radius 2 is 1.81 bits per heavy atom. The maximum absolute atomic E-state index is 13.0. The van der Waals surface area contributed by atoms with Crippen LogP contribution in [0.15, 0.2) is 18.2 Å². The molecular weight excluding hydrogens is 231 g/mol. The zero-order valence-electron chi connectivity index (χ0n) is 8.50. The van der Waals surface area contributed by atoms with E-state index in [-0.39, 0.29) is 28.9 Å². The molecule has 1 saturated carbocycles. The van der Waals surface area contributed by atoms with E-state index in [4.69, 9.17) is 11.6 Å². The van der Waals surface area contributed by atoms with E-state index in [1.165, 1.54) is 12.1 Å². The number of halogens is 2. The Balaban J connectivity index is 2.26. The first-order chi connectivity index (χ1) is 7.56. The molecule has 0 N–H and O–H groups in total. The minimum atomic E-state index is -0.487. The average molecular weight is 241 g/mol. The summed E-state index contributed by atoms with van der Waals surface area (Å²) in [6.45, 7) is 0. The molecule has 1 aliphatic carbocycles. The first-order valence-electron chi connectivity index (χ1n) is 5.04.